The predicted molar refractivity (Wildman–Crippen MR) is 56.3 cm³/mol. The van der Waals surface area contributed by atoms with Crippen molar-refractivity contribution in [3.8, 4) is 0 Å². The van der Waals surface area contributed by atoms with E-state index in [2.05, 4.69) is 0 Å². The van der Waals surface area contributed by atoms with Crippen molar-refractivity contribution in [3.63, 3.8) is 0 Å². The monoisotopic (exact) mass is 208 g/mol. The van der Waals surface area contributed by atoms with E-state index in [1.54, 1.807) is 26.0 Å². The molecule has 80 valence electrons. The van der Waals surface area contributed by atoms with Crippen molar-refractivity contribution in [2.75, 3.05) is 6.61 Å². The van der Waals surface area contributed by atoms with E-state index >= 15 is 0 Å². The van der Waals surface area contributed by atoms with Crippen LogP contribution < -0.4 is 0 Å². The summed E-state index contributed by atoms with van der Waals surface area (Å²) in [4.78, 5) is 0. The predicted octanol–water partition coefficient (Wildman–Crippen LogP) is 2.84. The average Bonchev–Trinajstić information content (AvgIpc) is 2.63. The van der Waals surface area contributed by atoms with Crippen LogP contribution in [0, 0.1) is 5.82 Å². The highest BCUT2D eigenvalue weighted by Crippen LogP contribution is 2.29. The molecule has 0 unspecified atom stereocenters. The molecule has 2 aromatic rings. The minimum atomic E-state index is -0.574. The third-order valence-electron chi connectivity index (χ3n) is 2.67. The second kappa shape index (κ2) is 3.35. The van der Waals surface area contributed by atoms with Gasteiger partial charge in [0, 0.05) is 16.9 Å². The molecular formula is C12H13FO2. The molecule has 0 aliphatic carbocycles. The largest absolute Gasteiger partial charge is 0.464 e. The average molecular weight is 208 g/mol. The van der Waals surface area contributed by atoms with Gasteiger partial charge in [0.1, 0.15) is 11.4 Å². The molecule has 1 heterocycles. The number of hydrogen-bond donors (Lipinski definition) is 1. The van der Waals surface area contributed by atoms with E-state index in [0.29, 0.717) is 11.1 Å². The van der Waals surface area contributed by atoms with E-state index in [9.17, 15) is 9.50 Å². The Bertz CT molecular complexity index is 485. The SMILES string of the molecule is CC(C)(CO)c1cc2ccoc2cc1F. The van der Waals surface area contributed by atoms with Crippen LogP contribution in [0.5, 0.6) is 0 Å². The molecule has 2 rings (SSSR count). The first kappa shape index (κ1) is 10.2. The van der Waals surface area contributed by atoms with Crippen molar-refractivity contribution in [1.29, 1.82) is 0 Å². The lowest BCUT2D eigenvalue weighted by atomic mass is 9.85. The van der Waals surface area contributed by atoms with Gasteiger partial charge in [-0.05, 0) is 17.7 Å². The van der Waals surface area contributed by atoms with Crippen LogP contribution in [-0.4, -0.2) is 11.7 Å². The van der Waals surface area contributed by atoms with Crippen LogP contribution in [-0.2, 0) is 5.41 Å². The number of fused-ring (bicyclic) bond motifs is 1. The van der Waals surface area contributed by atoms with Crippen molar-refractivity contribution in [2.45, 2.75) is 19.3 Å². The van der Waals surface area contributed by atoms with Gasteiger partial charge in [0.25, 0.3) is 0 Å². The van der Waals surface area contributed by atoms with Crippen LogP contribution in [0.1, 0.15) is 19.4 Å². The lowest BCUT2D eigenvalue weighted by Gasteiger charge is -2.22. The van der Waals surface area contributed by atoms with Crippen LogP contribution in [0.25, 0.3) is 11.0 Å². The van der Waals surface area contributed by atoms with Crippen molar-refractivity contribution in [2.24, 2.45) is 0 Å². The smallest absolute Gasteiger partial charge is 0.136 e. The van der Waals surface area contributed by atoms with Gasteiger partial charge in [-0.3, -0.25) is 0 Å². The van der Waals surface area contributed by atoms with Gasteiger partial charge < -0.3 is 9.52 Å². The number of benzene rings is 1. The minimum Gasteiger partial charge on any atom is -0.464 e. The Hall–Kier alpha value is -1.35. The minimum absolute atomic E-state index is 0.0900. The van der Waals surface area contributed by atoms with E-state index in [1.807, 2.05) is 0 Å². The first-order valence-electron chi connectivity index (χ1n) is 4.83. The molecule has 0 spiro atoms. The Kier molecular flexibility index (Phi) is 2.27. The molecule has 0 aliphatic heterocycles. The van der Waals surface area contributed by atoms with Crippen LogP contribution in [0.15, 0.2) is 28.9 Å². The zero-order valence-corrected chi connectivity index (χ0v) is 8.75. The summed E-state index contributed by atoms with van der Waals surface area (Å²) in [7, 11) is 0. The fraction of sp³-hybridized carbons (Fsp3) is 0.333. The molecule has 0 saturated carbocycles. The Morgan fingerprint density at radius 3 is 2.80 bits per heavy atom. The summed E-state index contributed by atoms with van der Waals surface area (Å²) in [5.74, 6) is -0.337. The molecule has 3 heteroatoms. The highest BCUT2D eigenvalue weighted by Gasteiger charge is 2.24. The molecule has 15 heavy (non-hydrogen) atoms. The molecule has 0 saturated heterocycles. The molecule has 0 amide bonds. The highest BCUT2D eigenvalue weighted by atomic mass is 19.1. The fourth-order valence-corrected chi connectivity index (χ4v) is 1.59. The maximum absolute atomic E-state index is 13.7. The highest BCUT2D eigenvalue weighted by molar-refractivity contribution is 5.78. The molecule has 0 aliphatic rings. The van der Waals surface area contributed by atoms with Gasteiger partial charge in [0.05, 0.1) is 12.9 Å². The van der Waals surface area contributed by atoms with Gasteiger partial charge in [0.15, 0.2) is 0 Å². The molecule has 2 nitrogen and oxygen atoms in total. The number of aliphatic hydroxyl groups excluding tert-OH is 1. The Morgan fingerprint density at radius 2 is 2.13 bits per heavy atom. The summed E-state index contributed by atoms with van der Waals surface area (Å²) in [6.07, 6.45) is 1.53. The molecule has 1 aromatic carbocycles. The van der Waals surface area contributed by atoms with Crippen LogP contribution in [0.4, 0.5) is 4.39 Å². The van der Waals surface area contributed by atoms with Gasteiger partial charge in [0.2, 0.25) is 0 Å². The van der Waals surface area contributed by atoms with Crippen molar-refractivity contribution in [1.82, 2.24) is 0 Å². The summed E-state index contributed by atoms with van der Waals surface area (Å²) in [5, 5.41) is 10.1. The summed E-state index contributed by atoms with van der Waals surface area (Å²) in [6.45, 7) is 3.52. The molecule has 0 fully saturated rings. The number of aliphatic hydroxyl groups is 1. The zero-order valence-electron chi connectivity index (χ0n) is 8.75. The summed E-state index contributed by atoms with van der Waals surface area (Å²) in [6, 6.07) is 4.87. The van der Waals surface area contributed by atoms with Gasteiger partial charge >= 0.3 is 0 Å². The third-order valence-corrected chi connectivity index (χ3v) is 2.67. The van der Waals surface area contributed by atoms with Crippen LogP contribution in [0.2, 0.25) is 0 Å². The summed E-state index contributed by atoms with van der Waals surface area (Å²) < 4.78 is 18.8. The van der Waals surface area contributed by atoms with E-state index in [4.69, 9.17) is 4.42 Å². The van der Waals surface area contributed by atoms with Gasteiger partial charge in [-0.25, -0.2) is 4.39 Å². The standard InChI is InChI=1S/C12H13FO2/c1-12(2,7-14)9-5-8-3-4-15-11(8)6-10(9)13/h3-6,14H,7H2,1-2H3. The Morgan fingerprint density at radius 1 is 1.40 bits per heavy atom. The second-order valence-electron chi connectivity index (χ2n) is 4.33. The summed E-state index contributed by atoms with van der Waals surface area (Å²) in [5.41, 5.74) is 0.471. The van der Waals surface area contributed by atoms with Crippen LogP contribution in [0.3, 0.4) is 0 Å². The summed E-state index contributed by atoms with van der Waals surface area (Å²) >= 11 is 0. The molecule has 0 radical (unpaired) electrons. The first-order chi connectivity index (χ1) is 7.04. The molecule has 1 N–H and O–H groups in total. The number of rotatable bonds is 2. The van der Waals surface area contributed by atoms with Gasteiger partial charge in [-0.2, -0.15) is 0 Å². The first-order valence-corrected chi connectivity index (χ1v) is 4.83. The third kappa shape index (κ3) is 1.63. The fourth-order valence-electron chi connectivity index (χ4n) is 1.59. The Labute approximate surface area is 87.3 Å². The van der Waals surface area contributed by atoms with Crippen LogP contribution >= 0.6 is 0 Å². The van der Waals surface area contributed by atoms with E-state index in [0.717, 1.165) is 5.39 Å². The maximum Gasteiger partial charge on any atom is 0.136 e. The molecule has 0 bridgehead atoms. The normalized spacial score (nSPS) is 12.3. The molecule has 0 atom stereocenters. The lowest BCUT2D eigenvalue weighted by Crippen LogP contribution is -2.23. The number of halogens is 1. The van der Waals surface area contributed by atoms with E-state index in [-0.39, 0.29) is 12.4 Å². The van der Waals surface area contributed by atoms with Crippen molar-refractivity contribution < 1.29 is 13.9 Å². The van der Waals surface area contributed by atoms with Gasteiger partial charge in [-0.1, -0.05) is 13.8 Å². The Balaban J connectivity index is 2.65. The zero-order chi connectivity index (χ0) is 11.1. The molecule has 1 aromatic heterocycles. The van der Waals surface area contributed by atoms with Crippen molar-refractivity contribution in [3.05, 3.63) is 35.8 Å². The quantitative estimate of drug-likeness (QED) is 0.823. The number of hydrogen-bond acceptors (Lipinski definition) is 2. The van der Waals surface area contributed by atoms with E-state index in [1.165, 1.54) is 12.3 Å². The maximum atomic E-state index is 13.7. The van der Waals surface area contributed by atoms with Gasteiger partial charge in [-0.15, -0.1) is 0 Å². The van der Waals surface area contributed by atoms with Crippen molar-refractivity contribution >= 4 is 11.0 Å². The lowest BCUT2D eigenvalue weighted by molar-refractivity contribution is 0.215. The molecular weight excluding hydrogens is 195 g/mol. The van der Waals surface area contributed by atoms with E-state index < -0.39 is 5.41 Å². The second-order valence-corrected chi connectivity index (χ2v) is 4.33. The number of furan rings is 1. The topological polar surface area (TPSA) is 33.4 Å².